The first-order chi connectivity index (χ1) is 21.1. The zero-order valence-electron chi connectivity index (χ0n) is 25.4. The van der Waals surface area contributed by atoms with E-state index in [1.165, 1.54) is 54.9 Å². The van der Waals surface area contributed by atoms with Crippen LogP contribution in [0.2, 0.25) is 0 Å². The molecule has 0 heterocycles. The number of aryl methyl sites for hydroxylation is 1. The lowest BCUT2D eigenvalue weighted by Crippen LogP contribution is -2.01. The van der Waals surface area contributed by atoms with Gasteiger partial charge in [-0.3, -0.25) is 0 Å². The molecule has 4 aromatic rings. The van der Waals surface area contributed by atoms with Gasteiger partial charge in [-0.05, 0) is 111 Å². The minimum atomic E-state index is 0.823. The molecule has 0 fully saturated rings. The number of fused-ring (bicyclic) bond motifs is 4. The van der Waals surface area contributed by atoms with Gasteiger partial charge in [-0.15, -0.1) is 0 Å². The molecule has 4 aromatic carbocycles. The van der Waals surface area contributed by atoms with Crippen LogP contribution in [-0.2, 0) is 12.8 Å². The van der Waals surface area contributed by atoms with Gasteiger partial charge in [0.1, 0.15) is 0 Å². The molecule has 0 radical (unpaired) electrons. The Morgan fingerprint density at radius 1 is 0.814 bits per heavy atom. The maximum Gasteiger partial charge on any atom is -0.00210 e. The van der Waals surface area contributed by atoms with E-state index in [0.717, 1.165) is 36.0 Å². The van der Waals surface area contributed by atoms with Crippen molar-refractivity contribution in [3.05, 3.63) is 186 Å². The predicted molar refractivity (Wildman–Crippen MR) is 192 cm³/mol. The molecule has 0 N–H and O–H groups in total. The van der Waals surface area contributed by atoms with Gasteiger partial charge in [0, 0.05) is 0 Å². The molecule has 0 nitrogen and oxygen atoms in total. The van der Waals surface area contributed by atoms with E-state index in [2.05, 4.69) is 135 Å². The second kappa shape index (κ2) is 13.8. The lowest BCUT2D eigenvalue weighted by Gasteiger charge is -2.22. The highest BCUT2D eigenvalue weighted by Crippen LogP contribution is 2.42. The maximum atomic E-state index is 4.70. The van der Waals surface area contributed by atoms with Crippen LogP contribution < -0.4 is 0 Å². The summed E-state index contributed by atoms with van der Waals surface area (Å²) in [5.41, 5.74) is 10.8. The van der Waals surface area contributed by atoms with Crippen LogP contribution in [0, 0.1) is 0 Å². The van der Waals surface area contributed by atoms with Crippen LogP contribution in [0.3, 0.4) is 0 Å². The molecule has 0 heteroatoms. The molecule has 0 aliphatic heterocycles. The van der Waals surface area contributed by atoms with Crippen LogP contribution >= 0.6 is 0 Å². The van der Waals surface area contributed by atoms with Crippen molar-refractivity contribution in [2.45, 2.75) is 33.1 Å². The molecule has 1 aliphatic carbocycles. The summed E-state index contributed by atoms with van der Waals surface area (Å²) in [5.74, 6) is 0. The van der Waals surface area contributed by atoms with Gasteiger partial charge in [0.2, 0.25) is 0 Å². The monoisotopic (exact) mass is 556 g/mol. The molecule has 0 spiro atoms. The molecular formula is C43H40. The van der Waals surface area contributed by atoms with E-state index in [-0.39, 0.29) is 0 Å². The van der Waals surface area contributed by atoms with Crippen molar-refractivity contribution < 1.29 is 0 Å². The number of hydrogen-bond acceptors (Lipinski definition) is 0. The van der Waals surface area contributed by atoms with Crippen LogP contribution in [-0.4, -0.2) is 0 Å². The molecule has 0 aromatic heterocycles. The Kier molecular flexibility index (Phi) is 9.49. The maximum absolute atomic E-state index is 4.70. The van der Waals surface area contributed by atoms with Gasteiger partial charge in [-0.2, -0.15) is 0 Å². The summed E-state index contributed by atoms with van der Waals surface area (Å²) >= 11 is 0. The van der Waals surface area contributed by atoms with Crippen LogP contribution in [0.25, 0.3) is 38.8 Å². The smallest absolute Gasteiger partial charge is 0.00210 e. The molecule has 43 heavy (non-hydrogen) atoms. The Morgan fingerprint density at radius 2 is 1.56 bits per heavy atom. The molecular weight excluding hydrogens is 516 g/mol. The van der Waals surface area contributed by atoms with Crippen molar-refractivity contribution in [1.82, 2.24) is 0 Å². The van der Waals surface area contributed by atoms with Crippen molar-refractivity contribution in [1.29, 1.82) is 0 Å². The van der Waals surface area contributed by atoms with E-state index in [1.807, 2.05) is 25.2 Å². The van der Waals surface area contributed by atoms with Gasteiger partial charge < -0.3 is 0 Å². The molecule has 0 saturated carbocycles. The molecule has 5 rings (SSSR count). The molecule has 0 amide bonds. The predicted octanol–water partition coefficient (Wildman–Crippen LogP) is 12.0. The molecule has 0 saturated heterocycles. The third kappa shape index (κ3) is 6.15. The number of hydrogen-bond donors (Lipinski definition) is 0. The first-order valence-electron chi connectivity index (χ1n) is 15.1. The average Bonchev–Trinajstić information content (AvgIpc) is 3.05. The summed E-state index contributed by atoms with van der Waals surface area (Å²) in [6.45, 7) is 16.8. The zero-order chi connectivity index (χ0) is 30.2. The standard InChI is InChI=1S/C43H40/c1-6-17-32(9-4)36(19-8-3)30-31(5)42-40-25-16-15-24-38(40)39(28-26-33(18-7-2)34-20-11-10-12-21-34)41-29-27-35-22-13-14-23-37(35)43(41)42/h6-12,14-21,23-27,29-30H,1,4-5,13,22,28H2,2-3H3/b18-7-,19-8-,32-17+,33-26+,36-30+. The van der Waals surface area contributed by atoms with E-state index in [9.17, 15) is 0 Å². The lowest BCUT2D eigenvalue weighted by atomic mass is 9.82. The quantitative estimate of drug-likeness (QED) is 0.135. The van der Waals surface area contributed by atoms with E-state index < -0.39 is 0 Å². The van der Waals surface area contributed by atoms with Crippen molar-refractivity contribution >= 4 is 38.8 Å². The zero-order valence-corrected chi connectivity index (χ0v) is 25.4. The minimum Gasteiger partial charge on any atom is -0.0990 e. The fourth-order valence-electron chi connectivity index (χ4n) is 6.21. The van der Waals surface area contributed by atoms with E-state index in [4.69, 9.17) is 6.58 Å². The Balaban J connectivity index is 1.82. The van der Waals surface area contributed by atoms with Crippen molar-refractivity contribution in [3.8, 4) is 0 Å². The molecule has 0 atom stereocenters. The van der Waals surface area contributed by atoms with Gasteiger partial charge in [-0.25, -0.2) is 0 Å². The van der Waals surface area contributed by atoms with E-state index in [1.54, 1.807) is 0 Å². The third-order valence-electron chi connectivity index (χ3n) is 8.12. The van der Waals surface area contributed by atoms with Crippen molar-refractivity contribution in [2.75, 3.05) is 0 Å². The second-order valence-corrected chi connectivity index (χ2v) is 10.8. The highest BCUT2D eigenvalue weighted by molar-refractivity contribution is 6.15. The van der Waals surface area contributed by atoms with Gasteiger partial charge in [0.25, 0.3) is 0 Å². The minimum absolute atomic E-state index is 0.823. The molecule has 0 unspecified atom stereocenters. The Morgan fingerprint density at radius 3 is 2.28 bits per heavy atom. The highest BCUT2D eigenvalue weighted by Gasteiger charge is 2.20. The largest absolute Gasteiger partial charge is 0.0990 e. The Bertz CT molecular complexity index is 1880. The van der Waals surface area contributed by atoms with E-state index >= 15 is 0 Å². The molecule has 1 aliphatic rings. The van der Waals surface area contributed by atoms with Crippen LogP contribution in [0.1, 0.15) is 48.1 Å². The van der Waals surface area contributed by atoms with Crippen molar-refractivity contribution in [3.63, 3.8) is 0 Å². The lowest BCUT2D eigenvalue weighted by molar-refractivity contribution is 0.989. The van der Waals surface area contributed by atoms with Gasteiger partial charge in [0.05, 0.1) is 0 Å². The van der Waals surface area contributed by atoms with Crippen LogP contribution in [0.15, 0.2) is 158 Å². The highest BCUT2D eigenvalue weighted by atomic mass is 14.2. The normalized spacial score (nSPS) is 14.1. The summed E-state index contributed by atoms with van der Waals surface area (Å²) in [6, 6.07) is 24.2. The van der Waals surface area contributed by atoms with E-state index in [0.29, 0.717) is 0 Å². The van der Waals surface area contributed by atoms with Gasteiger partial charge in [-0.1, -0.05) is 147 Å². The summed E-state index contributed by atoms with van der Waals surface area (Å²) in [5, 5.41) is 5.07. The summed E-state index contributed by atoms with van der Waals surface area (Å²) in [4.78, 5) is 0. The number of allylic oxidation sites excluding steroid dienone is 14. The van der Waals surface area contributed by atoms with Crippen LogP contribution in [0.5, 0.6) is 0 Å². The second-order valence-electron chi connectivity index (χ2n) is 10.8. The fourth-order valence-corrected chi connectivity index (χ4v) is 6.21. The summed E-state index contributed by atoms with van der Waals surface area (Å²) in [7, 11) is 0. The average molecular weight is 557 g/mol. The Labute approximate surface area is 257 Å². The summed E-state index contributed by atoms with van der Waals surface area (Å²) in [6.07, 6.45) is 26.4. The third-order valence-corrected chi connectivity index (χ3v) is 8.12. The fraction of sp³-hybridized carbons (Fsp3) is 0.116. The van der Waals surface area contributed by atoms with Gasteiger partial charge in [0.15, 0.2) is 0 Å². The summed E-state index contributed by atoms with van der Waals surface area (Å²) < 4.78 is 0. The molecule has 212 valence electrons. The topological polar surface area (TPSA) is 0 Å². The number of benzene rings is 4. The molecule has 0 bridgehead atoms. The Hall–Kier alpha value is -4.94. The van der Waals surface area contributed by atoms with Crippen LogP contribution in [0.4, 0.5) is 0 Å². The van der Waals surface area contributed by atoms with Gasteiger partial charge >= 0.3 is 0 Å². The SMILES string of the molecule is C=C/C=C(C=C)/C(/C=C\C)=C/C(=C)c1c2ccccc2c(C/C=C(\C=C/C)c2ccccc2)c2ccc3c(c12)C=CCC3. The first-order valence-corrected chi connectivity index (χ1v) is 15.1. The first kappa shape index (κ1) is 29.5. The number of rotatable bonds is 10. The van der Waals surface area contributed by atoms with Crippen molar-refractivity contribution in [2.24, 2.45) is 0 Å².